The number of fused-ring (bicyclic) bond motifs is 2. The first kappa shape index (κ1) is 13.2. The van der Waals surface area contributed by atoms with Gasteiger partial charge in [0.2, 0.25) is 0 Å². The number of phenols is 1. The summed E-state index contributed by atoms with van der Waals surface area (Å²) < 4.78 is 5.81. The molecule has 3 nitrogen and oxygen atoms in total. The summed E-state index contributed by atoms with van der Waals surface area (Å²) in [6.07, 6.45) is 4.83. The molecule has 3 rings (SSSR count). The number of hydrogen-bond acceptors (Lipinski definition) is 3. The van der Waals surface area contributed by atoms with Crippen molar-refractivity contribution >= 4 is 21.5 Å². The standard InChI is InChI=1S/C16H14BrNO2/c17-7-1-3-12-13-4-2-8-18-15(13)10-20-16-6-5-11(19)9-14(12)16/h2-6,8-9,19H,1,7,10H2/b12-3-. The minimum Gasteiger partial charge on any atom is -0.508 e. The summed E-state index contributed by atoms with van der Waals surface area (Å²) in [5.41, 5.74) is 3.97. The minimum absolute atomic E-state index is 0.240. The molecule has 2 heterocycles. The van der Waals surface area contributed by atoms with Gasteiger partial charge in [-0.2, -0.15) is 0 Å². The topological polar surface area (TPSA) is 42.4 Å². The molecule has 20 heavy (non-hydrogen) atoms. The molecule has 0 amide bonds. The fraction of sp³-hybridized carbons (Fsp3) is 0.188. The number of allylic oxidation sites excluding steroid dienone is 1. The lowest BCUT2D eigenvalue weighted by Crippen LogP contribution is -1.98. The van der Waals surface area contributed by atoms with Crippen LogP contribution in [0.4, 0.5) is 0 Å². The second kappa shape index (κ2) is 5.67. The van der Waals surface area contributed by atoms with Crippen molar-refractivity contribution in [2.75, 3.05) is 5.33 Å². The van der Waals surface area contributed by atoms with Gasteiger partial charge in [-0.25, -0.2) is 0 Å². The van der Waals surface area contributed by atoms with Gasteiger partial charge in [0.15, 0.2) is 0 Å². The highest BCUT2D eigenvalue weighted by molar-refractivity contribution is 9.09. The van der Waals surface area contributed by atoms with Crippen molar-refractivity contribution in [3.8, 4) is 11.5 Å². The number of benzene rings is 1. The molecular weight excluding hydrogens is 318 g/mol. The predicted octanol–water partition coefficient (Wildman–Crippen LogP) is 3.90. The smallest absolute Gasteiger partial charge is 0.131 e. The van der Waals surface area contributed by atoms with Gasteiger partial charge in [-0.1, -0.05) is 28.1 Å². The van der Waals surface area contributed by atoms with E-state index < -0.39 is 0 Å². The lowest BCUT2D eigenvalue weighted by molar-refractivity contribution is 0.302. The normalized spacial score (nSPS) is 15.2. The molecule has 1 aliphatic rings. The number of rotatable bonds is 2. The van der Waals surface area contributed by atoms with Crippen LogP contribution in [0.25, 0.3) is 5.57 Å². The molecular formula is C16H14BrNO2. The zero-order valence-electron chi connectivity index (χ0n) is 10.8. The van der Waals surface area contributed by atoms with Gasteiger partial charge in [-0.3, -0.25) is 4.98 Å². The molecule has 0 bridgehead atoms. The van der Waals surface area contributed by atoms with Crippen molar-refractivity contribution in [1.82, 2.24) is 4.98 Å². The summed E-state index contributed by atoms with van der Waals surface area (Å²) in [7, 11) is 0. The van der Waals surface area contributed by atoms with Crippen LogP contribution >= 0.6 is 15.9 Å². The van der Waals surface area contributed by atoms with E-state index in [2.05, 4.69) is 27.0 Å². The zero-order valence-corrected chi connectivity index (χ0v) is 12.4. The second-order valence-corrected chi connectivity index (χ2v) is 5.36. The van der Waals surface area contributed by atoms with E-state index in [0.717, 1.165) is 39.9 Å². The van der Waals surface area contributed by atoms with Crippen LogP contribution in [0.1, 0.15) is 23.2 Å². The Morgan fingerprint density at radius 1 is 1.30 bits per heavy atom. The molecule has 0 aliphatic carbocycles. The van der Waals surface area contributed by atoms with Crippen LogP contribution in [-0.4, -0.2) is 15.4 Å². The molecule has 0 unspecified atom stereocenters. The van der Waals surface area contributed by atoms with Crippen molar-refractivity contribution < 1.29 is 9.84 Å². The predicted molar refractivity (Wildman–Crippen MR) is 82.2 cm³/mol. The molecule has 0 spiro atoms. The second-order valence-electron chi connectivity index (χ2n) is 4.56. The Hall–Kier alpha value is -1.81. The summed E-state index contributed by atoms with van der Waals surface area (Å²) in [5.74, 6) is 1.02. The summed E-state index contributed by atoms with van der Waals surface area (Å²) in [4.78, 5) is 4.40. The maximum absolute atomic E-state index is 9.76. The number of aromatic nitrogens is 1. The van der Waals surface area contributed by atoms with Gasteiger partial charge in [0.1, 0.15) is 18.1 Å². The van der Waals surface area contributed by atoms with E-state index in [4.69, 9.17) is 4.74 Å². The van der Waals surface area contributed by atoms with Crippen LogP contribution in [-0.2, 0) is 6.61 Å². The average molecular weight is 332 g/mol. The van der Waals surface area contributed by atoms with E-state index in [1.165, 1.54) is 0 Å². The highest BCUT2D eigenvalue weighted by atomic mass is 79.9. The molecule has 1 aliphatic heterocycles. The Kier molecular flexibility index (Phi) is 3.74. The molecule has 0 radical (unpaired) electrons. The first-order chi connectivity index (χ1) is 9.79. The van der Waals surface area contributed by atoms with Crippen LogP contribution in [0, 0.1) is 0 Å². The van der Waals surface area contributed by atoms with Crippen LogP contribution in [0.5, 0.6) is 11.5 Å². The Bertz CT molecular complexity index is 667. The van der Waals surface area contributed by atoms with Crippen LogP contribution in [0.2, 0.25) is 0 Å². The Balaban J connectivity index is 2.21. The average Bonchev–Trinajstić information content (AvgIpc) is 2.62. The van der Waals surface area contributed by atoms with Crippen molar-refractivity contribution in [3.63, 3.8) is 0 Å². The SMILES string of the molecule is Oc1ccc2c(c1)/C(=C\CCBr)c1cccnc1CO2. The summed E-state index contributed by atoms with van der Waals surface area (Å²) >= 11 is 3.45. The van der Waals surface area contributed by atoms with E-state index >= 15 is 0 Å². The fourth-order valence-electron chi connectivity index (χ4n) is 2.36. The van der Waals surface area contributed by atoms with Crippen molar-refractivity contribution in [2.45, 2.75) is 13.0 Å². The fourth-order valence-corrected chi connectivity index (χ4v) is 2.59. The third-order valence-corrected chi connectivity index (χ3v) is 3.71. The molecule has 0 saturated carbocycles. The lowest BCUT2D eigenvalue weighted by atomic mass is 9.95. The van der Waals surface area contributed by atoms with Crippen LogP contribution in [0.15, 0.2) is 42.6 Å². The number of aromatic hydroxyl groups is 1. The zero-order chi connectivity index (χ0) is 13.9. The molecule has 0 atom stereocenters. The van der Waals surface area contributed by atoms with Gasteiger partial charge in [-0.15, -0.1) is 0 Å². The third-order valence-electron chi connectivity index (χ3n) is 3.26. The summed E-state index contributed by atoms with van der Waals surface area (Å²) in [6.45, 7) is 0.444. The molecule has 0 saturated heterocycles. The number of hydrogen-bond donors (Lipinski definition) is 1. The number of alkyl halides is 1. The quantitative estimate of drug-likeness (QED) is 0.848. The van der Waals surface area contributed by atoms with E-state index in [1.54, 1.807) is 24.4 Å². The summed E-state index contributed by atoms with van der Waals surface area (Å²) in [5, 5.41) is 10.7. The maximum atomic E-state index is 9.76. The molecule has 2 aromatic rings. The van der Waals surface area contributed by atoms with E-state index in [1.807, 2.05) is 12.1 Å². The molecule has 1 aromatic carbocycles. The Morgan fingerprint density at radius 3 is 3.05 bits per heavy atom. The van der Waals surface area contributed by atoms with Gasteiger partial charge in [0.25, 0.3) is 0 Å². The largest absolute Gasteiger partial charge is 0.508 e. The third kappa shape index (κ3) is 2.43. The molecule has 102 valence electrons. The maximum Gasteiger partial charge on any atom is 0.131 e. The van der Waals surface area contributed by atoms with E-state index in [-0.39, 0.29) is 5.75 Å². The first-order valence-electron chi connectivity index (χ1n) is 6.46. The Morgan fingerprint density at radius 2 is 2.20 bits per heavy atom. The van der Waals surface area contributed by atoms with Gasteiger partial charge < -0.3 is 9.84 Å². The highest BCUT2D eigenvalue weighted by Gasteiger charge is 2.19. The number of phenolic OH excluding ortho intramolecular Hbond substituents is 1. The number of ether oxygens (including phenoxy) is 1. The van der Waals surface area contributed by atoms with Crippen molar-refractivity contribution in [2.24, 2.45) is 0 Å². The molecule has 1 aromatic heterocycles. The number of halogens is 1. The highest BCUT2D eigenvalue weighted by Crippen LogP contribution is 2.38. The van der Waals surface area contributed by atoms with Crippen LogP contribution in [0.3, 0.4) is 0 Å². The van der Waals surface area contributed by atoms with Crippen LogP contribution < -0.4 is 4.74 Å². The monoisotopic (exact) mass is 331 g/mol. The first-order valence-corrected chi connectivity index (χ1v) is 7.58. The van der Waals surface area contributed by atoms with Gasteiger partial charge in [0.05, 0.1) is 5.69 Å². The van der Waals surface area contributed by atoms with E-state index in [9.17, 15) is 5.11 Å². The molecule has 0 fully saturated rings. The van der Waals surface area contributed by atoms with Gasteiger partial charge in [0, 0.05) is 22.7 Å². The lowest BCUT2D eigenvalue weighted by Gasteiger charge is -2.10. The molecule has 4 heteroatoms. The molecule has 1 N–H and O–H groups in total. The number of nitrogens with zero attached hydrogens (tertiary/aromatic N) is 1. The van der Waals surface area contributed by atoms with E-state index in [0.29, 0.717) is 6.61 Å². The Labute approximate surface area is 126 Å². The summed E-state index contributed by atoms with van der Waals surface area (Å²) in [6, 6.07) is 9.17. The minimum atomic E-state index is 0.240. The van der Waals surface area contributed by atoms with Crippen molar-refractivity contribution in [3.05, 3.63) is 59.4 Å². The number of pyridine rings is 1. The van der Waals surface area contributed by atoms with Gasteiger partial charge in [-0.05, 0) is 36.3 Å². The van der Waals surface area contributed by atoms with Gasteiger partial charge >= 0.3 is 0 Å². The van der Waals surface area contributed by atoms with Crippen molar-refractivity contribution in [1.29, 1.82) is 0 Å².